The molecular formula is C15H20N2O4. The Morgan fingerprint density at radius 2 is 2.24 bits per heavy atom. The molecule has 0 aromatic heterocycles. The standard InChI is InChI=1S/C15H20N2O4/c1-2-3-6-11(15(19)20)17-14(18)13-9-16-10-7-4-5-8-12(10)21-13/h4-5,7-8,11,13,16H,2-3,6,9H2,1H3,(H,17,18)(H,19,20)/t11-,13?/m0/s1. The van der Waals surface area contributed by atoms with Gasteiger partial charge in [0.1, 0.15) is 11.8 Å². The molecule has 0 radical (unpaired) electrons. The van der Waals surface area contributed by atoms with Gasteiger partial charge in [-0.3, -0.25) is 4.79 Å². The minimum atomic E-state index is -1.01. The Hall–Kier alpha value is -2.24. The zero-order valence-corrected chi connectivity index (χ0v) is 12.0. The van der Waals surface area contributed by atoms with E-state index in [0.717, 1.165) is 18.5 Å². The predicted octanol–water partition coefficient (Wildman–Crippen LogP) is 1.62. The highest BCUT2D eigenvalue weighted by Crippen LogP contribution is 2.28. The van der Waals surface area contributed by atoms with Crippen LogP contribution in [0.4, 0.5) is 5.69 Å². The van der Waals surface area contributed by atoms with E-state index < -0.39 is 24.0 Å². The average molecular weight is 292 g/mol. The lowest BCUT2D eigenvalue weighted by Crippen LogP contribution is -2.50. The Morgan fingerprint density at radius 3 is 2.95 bits per heavy atom. The number of fused-ring (bicyclic) bond motifs is 1. The van der Waals surface area contributed by atoms with E-state index in [4.69, 9.17) is 9.84 Å². The summed E-state index contributed by atoms with van der Waals surface area (Å²) in [6.45, 7) is 2.30. The summed E-state index contributed by atoms with van der Waals surface area (Å²) in [5.41, 5.74) is 0.835. The molecule has 2 rings (SSSR count). The first-order valence-electron chi connectivity index (χ1n) is 7.14. The molecule has 1 heterocycles. The minimum Gasteiger partial charge on any atom is -0.480 e. The third kappa shape index (κ3) is 3.87. The van der Waals surface area contributed by atoms with E-state index in [0.29, 0.717) is 18.7 Å². The predicted molar refractivity (Wildman–Crippen MR) is 78.4 cm³/mol. The first-order valence-corrected chi connectivity index (χ1v) is 7.14. The van der Waals surface area contributed by atoms with Crippen molar-refractivity contribution >= 4 is 17.6 Å². The number of amides is 1. The van der Waals surface area contributed by atoms with Crippen molar-refractivity contribution in [3.05, 3.63) is 24.3 Å². The molecule has 1 unspecified atom stereocenters. The number of carboxylic acid groups (broad SMARTS) is 1. The maximum absolute atomic E-state index is 12.1. The van der Waals surface area contributed by atoms with E-state index in [-0.39, 0.29) is 0 Å². The topological polar surface area (TPSA) is 87.7 Å². The van der Waals surface area contributed by atoms with Crippen LogP contribution in [0.3, 0.4) is 0 Å². The number of hydrogen-bond donors (Lipinski definition) is 3. The molecule has 1 aliphatic rings. The molecule has 0 aliphatic carbocycles. The maximum atomic E-state index is 12.1. The lowest BCUT2D eigenvalue weighted by molar-refractivity contribution is -0.143. The average Bonchev–Trinajstić information content (AvgIpc) is 2.50. The molecule has 21 heavy (non-hydrogen) atoms. The van der Waals surface area contributed by atoms with Crippen LogP contribution in [0.15, 0.2) is 24.3 Å². The van der Waals surface area contributed by atoms with E-state index in [9.17, 15) is 9.59 Å². The number of ether oxygens (including phenoxy) is 1. The number of carbonyl (C=O) groups excluding carboxylic acids is 1. The molecule has 0 saturated carbocycles. The van der Waals surface area contributed by atoms with Gasteiger partial charge in [-0.25, -0.2) is 4.79 Å². The normalized spacial score (nSPS) is 17.9. The molecule has 6 heteroatoms. The van der Waals surface area contributed by atoms with Crippen molar-refractivity contribution in [2.45, 2.75) is 38.3 Å². The highest BCUT2D eigenvalue weighted by Gasteiger charge is 2.29. The quantitative estimate of drug-likeness (QED) is 0.741. The number of aliphatic carboxylic acids is 1. The zero-order chi connectivity index (χ0) is 15.2. The molecule has 2 atom stereocenters. The summed E-state index contributed by atoms with van der Waals surface area (Å²) < 4.78 is 5.61. The molecule has 3 N–H and O–H groups in total. The molecular weight excluding hydrogens is 272 g/mol. The van der Waals surface area contributed by atoms with Crippen LogP contribution in [0.1, 0.15) is 26.2 Å². The Labute approximate surface area is 123 Å². The highest BCUT2D eigenvalue weighted by molar-refractivity contribution is 5.87. The fraction of sp³-hybridized carbons (Fsp3) is 0.467. The van der Waals surface area contributed by atoms with Gasteiger partial charge in [0.15, 0.2) is 6.10 Å². The highest BCUT2D eigenvalue weighted by atomic mass is 16.5. The Balaban J connectivity index is 1.96. The van der Waals surface area contributed by atoms with E-state index in [2.05, 4.69) is 10.6 Å². The van der Waals surface area contributed by atoms with Crippen molar-refractivity contribution in [2.24, 2.45) is 0 Å². The zero-order valence-electron chi connectivity index (χ0n) is 12.0. The van der Waals surface area contributed by atoms with Gasteiger partial charge < -0.3 is 20.5 Å². The summed E-state index contributed by atoms with van der Waals surface area (Å²) in [5, 5.41) is 14.8. The second-order valence-electron chi connectivity index (χ2n) is 5.03. The molecule has 1 aliphatic heterocycles. The SMILES string of the molecule is CCCC[C@H](NC(=O)C1CNc2ccccc2O1)C(=O)O. The van der Waals surface area contributed by atoms with Gasteiger partial charge >= 0.3 is 5.97 Å². The summed E-state index contributed by atoms with van der Waals surface area (Å²) >= 11 is 0. The number of para-hydroxylation sites is 2. The maximum Gasteiger partial charge on any atom is 0.326 e. The molecule has 6 nitrogen and oxygen atoms in total. The van der Waals surface area contributed by atoms with E-state index in [1.807, 2.05) is 25.1 Å². The van der Waals surface area contributed by atoms with Gasteiger partial charge in [0.25, 0.3) is 5.91 Å². The number of hydrogen-bond acceptors (Lipinski definition) is 4. The van der Waals surface area contributed by atoms with Crippen molar-refractivity contribution in [3.8, 4) is 5.75 Å². The van der Waals surface area contributed by atoms with Crippen molar-refractivity contribution in [3.63, 3.8) is 0 Å². The molecule has 1 aromatic carbocycles. The third-order valence-corrected chi connectivity index (χ3v) is 3.39. The van der Waals surface area contributed by atoms with Gasteiger partial charge in [0, 0.05) is 0 Å². The van der Waals surface area contributed by atoms with Crippen molar-refractivity contribution in [2.75, 3.05) is 11.9 Å². The smallest absolute Gasteiger partial charge is 0.326 e. The van der Waals surface area contributed by atoms with Crippen LogP contribution in [-0.2, 0) is 9.59 Å². The molecule has 0 bridgehead atoms. The van der Waals surface area contributed by atoms with Crippen LogP contribution >= 0.6 is 0 Å². The number of unbranched alkanes of at least 4 members (excludes halogenated alkanes) is 1. The number of benzene rings is 1. The molecule has 1 aromatic rings. The lowest BCUT2D eigenvalue weighted by Gasteiger charge is -2.27. The second kappa shape index (κ2) is 6.97. The van der Waals surface area contributed by atoms with Gasteiger partial charge in [-0.2, -0.15) is 0 Å². The third-order valence-electron chi connectivity index (χ3n) is 3.39. The Morgan fingerprint density at radius 1 is 1.48 bits per heavy atom. The van der Waals surface area contributed by atoms with E-state index in [1.165, 1.54) is 0 Å². The second-order valence-corrected chi connectivity index (χ2v) is 5.03. The summed E-state index contributed by atoms with van der Waals surface area (Å²) in [7, 11) is 0. The van der Waals surface area contributed by atoms with Gasteiger partial charge in [-0.15, -0.1) is 0 Å². The summed E-state index contributed by atoms with van der Waals surface area (Å²) in [4.78, 5) is 23.3. The van der Waals surface area contributed by atoms with Crippen LogP contribution in [0.25, 0.3) is 0 Å². The van der Waals surface area contributed by atoms with Gasteiger partial charge in [-0.05, 0) is 18.6 Å². The molecule has 114 valence electrons. The number of nitrogens with one attached hydrogen (secondary N) is 2. The van der Waals surface area contributed by atoms with Crippen molar-refractivity contribution in [1.82, 2.24) is 5.32 Å². The van der Waals surface area contributed by atoms with Crippen LogP contribution in [0, 0.1) is 0 Å². The number of rotatable bonds is 6. The van der Waals surface area contributed by atoms with Gasteiger partial charge in [-0.1, -0.05) is 31.9 Å². The molecule has 0 saturated heterocycles. The van der Waals surface area contributed by atoms with Crippen molar-refractivity contribution in [1.29, 1.82) is 0 Å². The molecule has 0 fully saturated rings. The van der Waals surface area contributed by atoms with Gasteiger partial charge in [0.05, 0.1) is 12.2 Å². The summed E-state index contributed by atoms with van der Waals surface area (Å²) in [6.07, 6.45) is 1.34. The lowest BCUT2D eigenvalue weighted by atomic mass is 10.1. The number of carbonyl (C=O) groups is 2. The number of carboxylic acids is 1. The summed E-state index contributed by atoms with van der Waals surface area (Å²) in [6, 6.07) is 6.47. The van der Waals surface area contributed by atoms with Crippen molar-refractivity contribution < 1.29 is 19.4 Å². The fourth-order valence-corrected chi connectivity index (χ4v) is 2.19. The first-order chi connectivity index (χ1) is 10.1. The van der Waals surface area contributed by atoms with E-state index >= 15 is 0 Å². The number of anilines is 1. The summed E-state index contributed by atoms with van der Waals surface area (Å²) in [5.74, 6) is -0.814. The van der Waals surface area contributed by atoms with E-state index in [1.54, 1.807) is 6.07 Å². The van der Waals surface area contributed by atoms with Gasteiger partial charge in [0.2, 0.25) is 0 Å². The van der Waals surface area contributed by atoms with Crippen LogP contribution in [0.5, 0.6) is 5.75 Å². The molecule has 1 amide bonds. The van der Waals surface area contributed by atoms with Crippen LogP contribution in [0.2, 0.25) is 0 Å². The Kier molecular flexibility index (Phi) is 5.03. The molecule has 0 spiro atoms. The largest absolute Gasteiger partial charge is 0.480 e. The van der Waals surface area contributed by atoms with Crippen LogP contribution in [-0.4, -0.2) is 35.7 Å². The van der Waals surface area contributed by atoms with Crippen LogP contribution < -0.4 is 15.4 Å². The minimum absolute atomic E-state index is 0.322. The monoisotopic (exact) mass is 292 g/mol. The fourth-order valence-electron chi connectivity index (χ4n) is 2.19. The first kappa shape index (κ1) is 15.2. The Bertz CT molecular complexity index is 518.